The number of rotatable bonds is 8. The Morgan fingerprint density at radius 2 is 1.57 bits per heavy atom. The molecule has 0 aliphatic rings. The van der Waals surface area contributed by atoms with E-state index in [1.165, 1.54) is 7.11 Å². The first-order chi connectivity index (χ1) is 10.1. The molecule has 0 bridgehead atoms. The number of carbonyl (C=O) groups excluding carboxylic acids is 2. The highest BCUT2D eigenvalue weighted by molar-refractivity contribution is 5.96. The van der Waals surface area contributed by atoms with Crippen LogP contribution in [0.4, 0.5) is 0 Å². The normalized spacial score (nSPS) is 10.5. The number of ether oxygens (including phenoxy) is 3. The van der Waals surface area contributed by atoms with Crippen LogP contribution < -0.4 is 5.32 Å². The van der Waals surface area contributed by atoms with Crippen molar-refractivity contribution in [2.45, 2.75) is 20.1 Å². The Morgan fingerprint density at radius 3 is 2.05 bits per heavy atom. The number of nitrogens with one attached hydrogen (secondary N) is 1. The van der Waals surface area contributed by atoms with Gasteiger partial charge < -0.3 is 19.5 Å². The fraction of sp³-hybridized carbons (Fsp3) is 0.467. The summed E-state index contributed by atoms with van der Waals surface area (Å²) >= 11 is 0. The van der Waals surface area contributed by atoms with Gasteiger partial charge in [0, 0.05) is 18.8 Å². The van der Waals surface area contributed by atoms with Crippen molar-refractivity contribution in [3.8, 4) is 0 Å². The van der Waals surface area contributed by atoms with Crippen molar-refractivity contribution in [1.29, 1.82) is 0 Å². The second-order valence-corrected chi connectivity index (χ2v) is 4.12. The Hall–Kier alpha value is -1.92. The monoisotopic (exact) mass is 295 g/mol. The van der Waals surface area contributed by atoms with Crippen LogP contribution in [0.3, 0.4) is 0 Å². The standard InChI is InChI=1S/C15H21NO5/c1-4-20-13(21-5-2)10-16-14(17)11-6-8-12(9-7-11)15(18)19-3/h6-9,13H,4-5,10H2,1-3H3,(H,16,17). The van der Waals surface area contributed by atoms with Gasteiger partial charge in [-0.2, -0.15) is 0 Å². The highest BCUT2D eigenvalue weighted by Crippen LogP contribution is 2.06. The molecular formula is C15H21NO5. The smallest absolute Gasteiger partial charge is 0.337 e. The molecule has 0 aromatic heterocycles. The Morgan fingerprint density at radius 1 is 1.05 bits per heavy atom. The summed E-state index contributed by atoms with van der Waals surface area (Å²) in [5.41, 5.74) is 0.852. The predicted molar refractivity (Wildman–Crippen MR) is 77.2 cm³/mol. The van der Waals surface area contributed by atoms with Gasteiger partial charge in [-0.3, -0.25) is 4.79 Å². The molecule has 0 fully saturated rings. The van der Waals surface area contributed by atoms with E-state index in [1.54, 1.807) is 24.3 Å². The maximum Gasteiger partial charge on any atom is 0.337 e. The molecule has 0 aliphatic heterocycles. The minimum atomic E-state index is -0.460. The molecular weight excluding hydrogens is 274 g/mol. The second kappa shape index (κ2) is 9.10. The lowest BCUT2D eigenvalue weighted by Gasteiger charge is -2.17. The maximum absolute atomic E-state index is 12.0. The average molecular weight is 295 g/mol. The van der Waals surface area contributed by atoms with Crippen LogP contribution in [0.1, 0.15) is 34.6 Å². The van der Waals surface area contributed by atoms with Crippen molar-refractivity contribution in [2.75, 3.05) is 26.9 Å². The van der Waals surface area contributed by atoms with E-state index in [-0.39, 0.29) is 12.5 Å². The molecule has 6 nitrogen and oxygen atoms in total. The first-order valence-corrected chi connectivity index (χ1v) is 6.82. The van der Waals surface area contributed by atoms with Crippen LogP contribution in [0.2, 0.25) is 0 Å². The van der Waals surface area contributed by atoms with Gasteiger partial charge in [0.15, 0.2) is 6.29 Å². The van der Waals surface area contributed by atoms with E-state index < -0.39 is 12.3 Å². The zero-order chi connectivity index (χ0) is 15.7. The fourth-order valence-corrected chi connectivity index (χ4v) is 1.69. The minimum absolute atomic E-state index is 0.254. The quantitative estimate of drug-likeness (QED) is 0.582. The number of amides is 1. The summed E-state index contributed by atoms with van der Waals surface area (Å²) in [6.45, 7) is 5.00. The summed E-state index contributed by atoms with van der Waals surface area (Å²) in [4.78, 5) is 23.3. The Kier molecular flexibility index (Phi) is 7.42. The highest BCUT2D eigenvalue weighted by atomic mass is 16.7. The van der Waals surface area contributed by atoms with Crippen LogP contribution in [0.15, 0.2) is 24.3 Å². The third-order valence-corrected chi connectivity index (χ3v) is 2.70. The second-order valence-electron chi connectivity index (χ2n) is 4.12. The SMILES string of the molecule is CCOC(CNC(=O)c1ccc(C(=O)OC)cc1)OCC. The summed E-state index contributed by atoms with van der Waals surface area (Å²) in [5, 5.41) is 2.73. The molecule has 0 saturated carbocycles. The number of hydrogen-bond donors (Lipinski definition) is 1. The van der Waals surface area contributed by atoms with Gasteiger partial charge in [-0.05, 0) is 38.1 Å². The third-order valence-electron chi connectivity index (χ3n) is 2.70. The molecule has 1 aromatic rings. The molecule has 0 unspecified atom stereocenters. The van der Waals surface area contributed by atoms with Crippen molar-refractivity contribution in [3.63, 3.8) is 0 Å². The van der Waals surface area contributed by atoms with Gasteiger partial charge in [0.1, 0.15) is 0 Å². The molecule has 0 heterocycles. The third kappa shape index (κ3) is 5.53. The number of esters is 1. The number of hydrogen-bond acceptors (Lipinski definition) is 5. The van der Waals surface area contributed by atoms with Crippen molar-refractivity contribution in [3.05, 3.63) is 35.4 Å². The van der Waals surface area contributed by atoms with Gasteiger partial charge in [-0.15, -0.1) is 0 Å². The largest absolute Gasteiger partial charge is 0.465 e. The van der Waals surface area contributed by atoms with E-state index in [0.29, 0.717) is 24.3 Å². The first-order valence-electron chi connectivity index (χ1n) is 6.82. The van der Waals surface area contributed by atoms with Crippen LogP contribution in [0.5, 0.6) is 0 Å². The van der Waals surface area contributed by atoms with Crippen molar-refractivity contribution in [2.24, 2.45) is 0 Å². The van der Waals surface area contributed by atoms with E-state index in [1.807, 2.05) is 13.8 Å². The molecule has 21 heavy (non-hydrogen) atoms. The van der Waals surface area contributed by atoms with Gasteiger partial charge in [0.05, 0.1) is 19.2 Å². The zero-order valence-electron chi connectivity index (χ0n) is 12.5. The van der Waals surface area contributed by atoms with E-state index in [4.69, 9.17) is 9.47 Å². The van der Waals surface area contributed by atoms with Crippen LogP contribution in [0, 0.1) is 0 Å². The predicted octanol–water partition coefficient (Wildman–Crippen LogP) is 1.60. The number of carbonyl (C=O) groups is 2. The fourth-order valence-electron chi connectivity index (χ4n) is 1.69. The summed E-state index contributed by atoms with van der Waals surface area (Å²) in [6.07, 6.45) is -0.460. The van der Waals surface area contributed by atoms with E-state index in [2.05, 4.69) is 10.1 Å². The Labute approximate surface area is 124 Å². The highest BCUT2D eigenvalue weighted by Gasteiger charge is 2.12. The summed E-state index contributed by atoms with van der Waals surface area (Å²) < 4.78 is 15.3. The first kappa shape index (κ1) is 17.1. The van der Waals surface area contributed by atoms with Crippen LogP contribution in [-0.2, 0) is 14.2 Å². The molecule has 0 radical (unpaired) electrons. The Bertz CT molecular complexity index is 452. The summed E-state index contributed by atoms with van der Waals surface area (Å²) in [7, 11) is 1.31. The lowest BCUT2D eigenvalue weighted by Crippen LogP contribution is -2.35. The Balaban J connectivity index is 2.56. The van der Waals surface area contributed by atoms with Crippen LogP contribution in [0.25, 0.3) is 0 Å². The van der Waals surface area contributed by atoms with Crippen molar-refractivity contribution in [1.82, 2.24) is 5.32 Å². The van der Waals surface area contributed by atoms with Crippen molar-refractivity contribution >= 4 is 11.9 Å². The van der Waals surface area contributed by atoms with Gasteiger partial charge in [-0.1, -0.05) is 0 Å². The molecule has 1 N–H and O–H groups in total. The summed E-state index contributed by atoms with van der Waals surface area (Å²) in [5.74, 6) is -0.689. The van der Waals surface area contributed by atoms with Crippen LogP contribution >= 0.6 is 0 Å². The molecule has 6 heteroatoms. The molecule has 1 aromatic carbocycles. The van der Waals surface area contributed by atoms with E-state index in [0.717, 1.165) is 0 Å². The summed E-state index contributed by atoms with van der Waals surface area (Å²) in [6, 6.07) is 6.22. The lowest BCUT2D eigenvalue weighted by atomic mass is 10.1. The lowest BCUT2D eigenvalue weighted by molar-refractivity contribution is -0.131. The maximum atomic E-state index is 12.0. The van der Waals surface area contributed by atoms with Gasteiger partial charge in [0.25, 0.3) is 5.91 Å². The topological polar surface area (TPSA) is 73.9 Å². The average Bonchev–Trinajstić information content (AvgIpc) is 2.52. The van der Waals surface area contributed by atoms with Gasteiger partial charge in [0.2, 0.25) is 0 Å². The van der Waals surface area contributed by atoms with Crippen molar-refractivity contribution < 1.29 is 23.8 Å². The van der Waals surface area contributed by atoms with Gasteiger partial charge >= 0.3 is 5.97 Å². The van der Waals surface area contributed by atoms with Crippen LogP contribution in [-0.4, -0.2) is 45.0 Å². The van der Waals surface area contributed by atoms with E-state index >= 15 is 0 Å². The molecule has 1 rings (SSSR count). The molecule has 1 amide bonds. The molecule has 0 saturated heterocycles. The molecule has 0 spiro atoms. The molecule has 0 atom stereocenters. The molecule has 116 valence electrons. The zero-order valence-corrected chi connectivity index (χ0v) is 12.5. The molecule has 0 aliphatic carbocycles. The minimum Gasteiger partial charge on any atom is -0.465 e. The van der Waals surface area contributed by atoms with E-state index in [9.17, 15) is 9.59 Å². The number of methoxy groups -OCH3 is 1. The number of benzene rings is 1. The van der Waals surface area contributed by atoms with Gasteiger partial charge in [-0.25, -0.2) is 4.79 Å².